The Bertz CT molecular complexity index is 889. The molecule has 164 valence electrons. The Morgan fingerprint density at radius 1 is 0.839 bits per heavy atom. The van der Waals surface area contributed by atoms with Crippen LogP contribution in [-0.2, 0) is 13.2 Å². The van der Waals surface area contributed by atoms with Crippen molar-refractivity contribution in [3.8, 4) is 11.5 Å². The zero-order valence-electron chi connectivity index (χ0n) is 18.6. The summed E-state index contributed by atoms with van der Waals surface area (Å²) in [6, 6.07) is 16.6. The van der Waals surface area contributed by atoms with Crippen LogP contribution in [0.4, 0.5) is 0 Å². The van der Waals surface area contributed by atoms with Crippen molar-refractivity contribution in [1.82, 2.24) is 9.80 Å². The van der Waals surface area contributed by atoms with Gasteiger partial charge in [-0.05, 0) is 53.9 Å². The predicted octanol–water partition coefficient (Wildman–Crippen LogP) is 4.60. The monoisotopic (exact) mass is 418 g/mol. The van der Waals surface area contributed by atoms with Crippen molar-refractivity contribution in [2.75, 3.05) is 39.8 Å². The van der Waals surface area contributed by atoms with Gasteiger partial charge >= 0.3 is 0 Å². The Morgan fingerprint density at radius 3 is 2.35 bits per heavy atom. The molecular formula is C27H34N2O2. The van der Waals surface area contributed by atoms with Crippen molar-refractivity contribution >= 4 is 0 Å². The Balaban J connectivity index is 1.13. The van der Waals surface area contributed by atoms with Crippen LogP contribution in [0.3, 0.4) is 0 Å². The Kier molecular flexibility index (Phi) is 6.28. The van der Waals surface area contributed by atoms with Crippen LogP contribution in [0.5, 0.6) is 11.5 Å². The third-order valence-electron chi connectivity index (χ3n) is 7.25. The molecular weight excluding hydrogens is 384 g/mol. The highest BCUT2D eigenvalue weighted by Crippen LogP contribution is 2.43. The third-order valence-corrected chi connectivity index (χ3v) is 7.25. The number of methoxy groups -OCH3 is 1. The highest BCUT2D eigenvalue weighted by molar-refractivity contribution is 5.43. The molecule has 3 unspecified atom stereocenters. The van der Waals surface area contributed by atoms with E-state index in [9.17, 15) is 0 Å². The lowest BCUT2D eigenvalue weighted by Gasteiger charge is -2.37. The summed E-state index contributed by atoms with van der Waals surface area (Å²) in [4.78, 5) is 5.26. The lowest BCUT2D eigenvalue weighted by molar-refractivity contribution is 0.108. The molecule has 2 aromatic carbocycles. The standard InChI is InChI=1S/C27H34N2O2/c1-30-26-10-8-23(17-27(26)31-20-21-5-3-2-4-6-21)18-28-11-13-29(14-12-28)19-25-16-22-7-9-24(25)15-22/h2-10,17,22,24-25H,11-16,18-20H2,1H3. The number of nitrogens with zero attached hydrogens (tertiary/aromatic N) is 2. The van der Waals surface area contributed by atoms with Crippen LogP contribution in [0.15, 0.2) is 60.7 Å². The molecule has 2 aromatic rings. The number of fused-ring (bicyclic) bond motifs is 2. The number of piperazine rings is 1. The molecule has 1 heterocycles. The molecule has 3 aliphatic rings. The Hall–Kier alpha value is -2.30. The first-order valence-electron chi connectivity index (χ1n) is 11.7. The maximum absolute atomic E-state index is 6.10. The quantitative estimate of drug-likeness (QED) is 0.585. The molecule has 0 spiro atoms. The first-order valence-corrected chi connectivity index (χ1v) is 11.7. The van der Waals surface area contributed by atoms with Crippen LogP contribution >= 0.6 is 0 Å². The van der Waals surface area contributed by atoms with E-state index in [1.54, 1.807) is 7.11 Å². The summed E-state index contributed by atoms with van der Waals surface area (Å²) in [5, 5.41) is 0. The molecule has 0 amide bonds. The van der Waals surface area contributed by atoms with Gasteiger partial charge < -0.3 is 14.4 Å². The Morgan fingerprint density at radius 2 is 1.65 bits per heavy atom. The zero-order valence-corrected chi connectivity index (χ0v) is 18.6. The van der Waals surface area contributed by atoms with Gasteiger partial charge in [0.2, 0.25) is 0 Å². The molecule has 0 radical (unpaired) electrons. The minimum atomic E-state index is 0.553. The van der Waals surface area contributed by atoms with E-state index in [0.29, 0.717) is 6.61 Å². The molecule has 1 aliphatic heterocycles. The van der Waals surface area contributed by atoms with Crippen LogP contribution in [-0.4, -0.2) is 49.6 Å². The van der Waals surface area contributed by atoms with Gasteiger partial charge in [-0.15, -0.1) is 0 Å². The van der Waals surface area contributed by atoms with Crippen LogP contribution in [0.1, 0.15) is 24.0 Å². The van der Waals surface area contributed by atoms with E-state index in [-0.39, 0.29) is 0 Å². The van der Waals surface area contributed by atoms with Gasteiger partial charge in [-0.2, -0.15) is 0 Å². The fourth-order valence-corrected chi connectivity index (χ4v) is 5.49. The second-order valence-corrected chi connectivity index (χ2v) is 9.38. The predicted molar refractivity (Wildman–Crippen MR) is 124 cm³/mol. The Labute approximate surface area is 186 Å². The average molecular weight is 419 g/mol. The minimum absolute atomic E-state index is 0.553. The van der Waals surface area contributed by atoms with Gasteiger partial charge in [0.25, 0.3) is 0 Å². The highest BCUT2D eigenvalue weighted by atomic mass is 16.5. The highest BCUT2D eigenvalue weighted by Gasteiger charge is 2.36. The summed E-state index contributed by atoms with van der Waals surface area (Å²) < 4.78 is 11.6. The van der Waals surface area contributed by atoms with E-state index in [4.69, 9.17) is 9.47 Å². The van der Waals surface area contributed by atoms with Gasteiger partial charge in [0.15, 0.2) is 11.5 Å². The topological polar surface area (TPSA) is 24.9 Å². The largest absolute Gasteiger partial charge is 0.493 e. The van der Waals surface area contributed by atoms with Crippen LogP contribution in [0.25, 0.3) is 0 Å². The summed E-state index contributed by atoms with van der Waals surface area (Å²) in [5.41, 5.74) is 2.45. The van der Waals surface area contributed by atoms with Gasteiger partial charge in [0, 0.05) is 39.3 Å². The summed E-state index contributed by atoms with van der Waals surface area (Å²) >= 11 is 0. The summed E-state index contributed by atoms with van der Waals surface area (Å²) in [6.45, 7) is 7.47. The van der Waals surface area contributed by atoms with E-state index in [2.05, 4.69) is 46.2 Å². The molecule has 1 saturated heterocycles. The number of hydrogen-bond acceptors (Lipinski definition) is 4. The van der Waals surface area contributed by atoms with Crippen molar-refractivity contribution in [3.63, 3.8) is 0 Å². The number of hydrogen-bond donors (Lipinski definition) is 0. The summed E-state index contributed by atoms with van der Waals surface area (Å²) in [6.07, 6.45) is 7.76. The fourth-order valence-electron chi connectivity index (χ4n) is 5.49. The van der Waals surface area contributed by atoms with Crippen molar-refractivity contribution in [3.05, 3.63) is 71.8 Å². The van der Waals surface area contributed by atoms with Crippen LogP contribution in [0.2, 0.25) is 0 Å². The van der Waals surface area contributed by atoms with E-state index in [0.717, 1.165) is 54.5 Å². The zero-order chi connectivity index (χ0) is 21.0. The first kappa shape index (κ1) is 20.6. The van der Waals surface area contributed by atoms with Crippen molar-refractivity contribution < 1.29 is 9.47 Å². The molecule has 5 rings (SSSR count). The SMILES string of the molecule is COc1ccc(CN2CCN(CC3CC4C=CC3C4)CC2)cc1OCc1ccccc1. The van der Waals surface area contributed by atoms with E-state index < -0.39 is 0 Å². The molecule has 2 bridgehead atoms. The van der Waals surface area contributed by atoms with Crippen LogP contribution in [0, 0.1) is 17.8 Å². The molecule has 2 fully saturated rings. The van der Waals surface area contributed by atoms with Crippen molar-refractivity contribution in [2.45, 2.75) is 26.0 Å². The lowest BCUT2D eigenvalue weighted by Crippen LogP contribution is -2.47. The van der Waals surface area contributed by atoms with Gasteiger partial charge in [0.1, 0.15) is 6.61 Å². The normalized spacial score (nSPS) is 25.8. The molecule has 4 heteroatoms. The first-order chi connectivity index (χ1) is 15.3. The molecule has 3 atom stereocenters. The number of allylic oxidation sites excluding steroid dienone is 2. The van der Waals surface area contributed by atoms with Gasteiger partial charge in [-0.1, -0.05) is 48.6 Å². The third kappa shape index (κ3) is 4.97. The molecule has 1 saturated carbocycles. The lowest BCUT2D eigenvalue weighted by atomic mass is 9.93. The summed E-state index contributed by atoms with van der Waals surface area (Å²) in [7, 11) is 1.70. The number of benzene rings is 2. The second-order valence-electron chi connectivity index (χ2n) is 9.38. The van der Waals surface area contributed by atoms with Gasteiger partial charge in [0.05, 0.1) is 7.11 Å². The molecule has 4 nitrogen and oxygen atoms in total. The van der Waals surface area contributed by atoms with Gasteiger partial charge in [-0.3, -0.25) is 4.90 Å². The maximum Gasteiger partial charge on any atom is 0.161 e. The van der Waals surface area contributed by atoms with E-state index in [1.807, 2.05) is 24.3 Å². The van der Waals surface area contributed by atoms with E-state index in [1.165, 1.54) is 38.0 Å². The van der Waals surface area contributed by atoms with Crippen LogP contribution < -0.4 is 9.47 Å². The molecule has 31 heavy (non-hydrogen) atoms. The number of ether oxygens (including phenoxy) is 2. The van der Waals surface area contributed by atoms with Gasteiger partial charge in [-0.25, -0.2) is 0 Å². The molecule has 0 N–H and O–H groups in total. The molecule has 2 aliphatic carbocycles. The smallest absolute Gasteiger partial charge is 0.161 e. The van der Waals surface area contributed by atoms with Crippen molar-refractivity contribution in [2.24, 2.45) is 17.8 Å². The number of rotatable bonds is 8. The minimum Gasteiger partial charge on any atom is -0.493 e. The fraction of sp³-hybridized carbons (Fsp3) is 0.481. The molecule has 0 aromatic heterocycles. The second kappa shape index (κ2) is 9.46. The average Bonchev–Trinajstić information content (AvgIpc) is 3.43. The van der Waals surface area contributed by atoms with Crippen molar-refractivity contribution in [1.29, 1.82) is 0 Å². The summed E-state index contributed by atoms with van der Waals surface area (Å²) in [5.74, 6) is 4.25. The van der Waals surface area contributed by atoms with E-state index >= 15 is 0 Å². The maximum atomic E-state index is 6.10.